The van der Waals surface area contributed by atoms with Crippen LogP contribution in [0.1, 0.15) is 77.9 Å². The minimum Gasteiger partial charge on any atom is -0.340 e. The number of fused-ring (bicyclic) bond motifs is 2. The molecule has 4 aromatic rings. The molecule has 0 aliphatic carbocycles. The van der Waals surface area contributed by atoms with E-state index in [1.54, 1.807) is 4.90 Å². The van der Waals surface area contributed by atoms with Gasteiger partial charge in [0.05, 0.1) is 4.88 Å². The van der Waals surface area contributed by atoms with Gasteiger partial charge in [-0.3, -0.25) is 18.9 Å². The standard InChI is InChI=1S/C38H42F2N3O6PS/c1-37(2,3)33(41-34(44)32-21-28-19-29(16-17-31(28)51-32)38(39,40)50(47,48)49)36(46)43-23-27-14-8-7-13-25(27)20-30(43)35(45)42-18-10-9-15-26(22-42)24-11-5-4-6-12-24/h4-8,11-14,16-17,19,21,26,30,33H,9-10,15,18,20,22-23H2,1-3H3,(H,41,44)(H2,47,48,49)/t26?,30-,33?/m0/s1. The van der Waals surface area contributed by atoms with Crippen LogP contribution in [0.25, 0.3) is 10.1 Å². The molecule has 2 aliphatic rings. The van der Waals surface area contributed by atoms with Crippen LogP contribution in [0.15, 0.2) is 78.9 Å². The van der Waals surface area contributed by atoms with Crippen molar-refractivity contribution >= 4 is 46.7 Å². The minimum absolute atomic E-state index is 0.118. The summed E-state index contributed by atoms with van der Waals surface area (Å²) in [6.07, 6.45) is 3.16. The predicted octanol–water partition coefficient (Wildman–Crippen LogP) is 7.02. The number of amides is 3. The van der Waals surface area contributed by atoms with E-state index in [9.17, 15) is 37.5 Å². The van der Waals surface area contributed by atoms with Gasteiger partial charge in [0, 0.05) is 42.2 Å². The minimum atomic E-state index is -5.78. The summed E-state index contributed by atoms with van der Waals surface area (Å²) >= 11 is 1.01. The quantitative estimate of drug-likeness (QED) is 0.175. The highest BCUT2D eigenvalue weighted by Gasteiger charge is 2.50. The van der Waals surface area contributed by atoms with E-state index in [4.69, 9.17) is 0 Å². The molecule has 2 aliphatic heterocycles. The van der Waals surface area contributed by atoms with Crippen LogP contribution in [-0.4, -0.2) is 62.5 Å². The van der Waals surface area contributed by atoms with Gasteiger partial charge in [-0.1, -0.05) is 87.9 Å². The van der Waals surface area contributed by atoms with Crippen LogP contribution >= 0.6 is 18.9 Å². The van der Waals surface area contributed by atoms with Crippen molar-refractivity contribution in [1.29, 1.82) is 0 Å². The van der Waals surface area contributed by atoms with Crippen molar-refractivity contribution in [3.63, 3.8) is 0 Å². The van der Waals surface area contributed by atoms with Crippen molar-refractivity contribution in [2.75, 3.05) is 13.1 Å². The fourth-order valence-electron chi connectivity index (χ4n) is 7.05. The molecule has 3 N–H and O–H groups in total. The molecule has 0 saturated carbocycles. The van der Waals surface area contributed by atoms with Crippen molar-refractivity contribution in [3.05, 3.63) is 106 Å². The summed E-state index contributed by atoms with van der Waals surface area (Å²) in [5, 5.41) is 3.09. The van der Waals surface area contributed by atoms with Crippen molar-refractivity contribution in [2.45, 2.75) is 76.7 Å². The number of nitrogens with one attached hydrogen (secondary N) is 1. The average Bonchev–Trinajstić information content (AvgIpc) is 3.37. The first-order valence-electron chi connectivity index (χ1n) is 17.0. The van der Waals surface area contributed by atoms with E-state index in [-0.39, 0.29) is 28.6 Å². The van der Waals surface area contributed by atoms with Crippen LogP contribution in [0.2, 0.25) is 0 Å². The maximum Gasteiger partial charge on any atom is 0.399 e. The maximum atomic E-state index is 14.7. The molecule has 0 spiro atoms. The number of rotatable bonds is 7. The number of likely N-dealkylation sites (tertiary alicyclic amines) is 1. The number of carbonyl (C=O) groups excluding carboxylic acids is 3. The van der Waals surface area contributed by atoms with Gasteiger partial charge in [0.1, 0.15) is 12.1 Å². The number of benzene rings is 3. The van der Waals surface area contributed by atoms with E-state index in [0.717, 1.165) is 53.9 Å². The first kappa shape index (κ1) is 36.8. The van der Waals surface area contributed by atoms with Crippen LogP contribution < -0.4 is 5.32 Å². The van der Waals surface area contributed by atoms with Gasteiger partial charge in [0.25, 0.3) is 5.91 Å². The van der Waals surface area contributed by atoms with Crippen molar-refractivity contribution in [3.8, 4) is 0 Å². The summed E-state index contributed by atoms with van der Waals surface area (Å²) in [4.78, 5) is 65.0. The molecule has 3 heterocycles. The molecule has 13 heteroatoms. The second-order valence-corrected chi connectivity index (χ2v) is 17.3. The largest absolute Gasteiger partial charge is 0.399 e. The second-order valence-electron chi connectivity index (χ2n) is 14.6. The van der Waals surface area contributed by atoms with Crippen LogP contribution in [0.3, 0.4) is 0 Å². The number of thiophene rings is 1. The number of hydrogen-bond acceptors (Lipinski definition) is 5. The molecule has 0 radical (unpaired) electrons. The monoisotopic (exact) mass is 737 g/mol. The van der Waals surface area contributed by atoms with E-state index in [1.807, 2.05) is 68.1 Å². The molecule has 3 atom stereocenters. The molecular formula is C38H42F2N3O6PS. The zero-order valence-corrected chi connectivity index (χ0v) is 30.4. The third-order valence-corrected chi connectivity index (χ3v) is 12.0. The van der Waals surface area contributed by atoms with Gasteiger partial charge in [-0.05, 0) is 58.5 Å². The van der Waals surface area contributed by atoms with Gasteiger partial charge in [-0.15, -0.1) is 11.3 Å². The third kappa shape index (κ3) is 7.65. The molecule has 1 saturated heterocycles. The predicted molar refractivity (Wildman–Crippen MR) is 193 cm³/mol. The van der Waals surface area contributed by atoms with Crippen LogP contribution in [-0.2, 0) is 32.8 Å². The Bertz CT molecular complexity index is 1990. The van der Waals surface area contributed by atoms with E-state index in [1.165, 1.54) is 17.7 Å². The zero-order valence-electron chi connectivity index (χ0n) is 28.7. The average molecular weight is 738 g/mol. The summed E-state index contributed by atoms with van der Waals surface area (Å²) in [6, 6.07) is 20.6. The van der Waals surface area contributed by atoms with Gasteiger partial charge in [0.2, 0.25) is 11.8 Å². The second kappa shape index (κ2) is 14.2. The lowest BCUT2D eigenvalue weighted by Gasteiger charge is -2.42. The van der Waals surface area contributed by atoms with Gasteiger partial charge in [0.15, 0.2) is 0 Å². The molecule has 3 amide bonds. The van der Waals surface area contributed by atoms with Crippen LogP contribution in [0, 0.1) is 5.41 Å². The first-order valence-corrected chi connectivity index (χ1v) is 19.5. The zero-order chi connectivity index (χ0) is 36.7. The van der Waals surface area contributed by atoms with Gasteiger partial charge < -0.3 is 24.9 Å². The molecule has 51 heavy (non-hydrogen) atoms. The SMILES string of the molecule is CC(C)(C)C(NC(=O)c1cc2cc(C(F)(F)P(=O)(O)O)ccc2s1)C(=O)N1Cc2ccccc2C[C@H]1C(=O)N1CCCCC(c2ccccc2)C1. The Kier molecular flexibility index (Phi) is 10.3. The summed E-state index contributed by atoms with van der Waals surface area (Å²) in [6.45, 7) is 6.82. The smallest absolute Gasteiger partial charge is 0.340 e. The van der Waals surface area contributed by atoms with Gasteiger partial charge in [-0.25, -0.2) is 0 Å². The number of nitrogens with zero attached hydrogens (tertiary/aromatic N) is 2. The third-order valence-electron chi connectivity index (χ3n) is 9.91. The Hall–Kier alpha value is -3.96. The number of hydrogen-bond donors (Lipinski definition) is 3. The number of alkyl halides is 2. The van der Waals surface area contributed by atoms with Crippen LogP contribution in [0.5, 0.6) is 0 Å². The molecule has 9 nitrogen and oxygen atoms in total. The normalized spacial score (nSPS) is 19.3. The van der Waals surface area contributed by atoms with E-state index in [0.29, 0.717) is 24.2 Å². The fraction of sp³-hybridized carbons (Fsp3) is 0.395. The highest BCUT2D eigenvalue weighted by Crippen LogP contribution is 2.59. The fourth-order valence-corrected chi connectivity index (χ4v) is 8.47. The summed E-state index contributed by atoms with van der Waals surface area (Å²) in [5.41, 5.74) is -2.93. The topological polar surface area (TPSA) is 127 Å². The lowest BCUT2D eigenvalue weighted by atomic mass is 9.84. The lowest BCUT2D eigenvalue weighted by Crippen LogP contribution is -2.61. The number of carbonyl (C=O) groups is 3. The lowest BCUT2D eigenvalue weighted by molar-refractivity contribution is -0.149. The molecule has 270 valence electrons. The molecule has 1 fully saturated rings. The molecule has 2 unspecified atom stereocenters. The molecule has 0 bridgehead atoms. The maximum absolute atomic E-state index is 14.7. The van der Waals surface area contributed by atoms with Gasteiger partial charge in [-0.2, -0.15) is 8.78 Å². The number of halogens is 2. The van der Waals surface area contributed by atoms with Crippen LogP contribution in [0.4, 0.5) is 8.78 Å². The Balaban J connectivity index is 1.28. The van der Waals surface area contributed by atoms with E-state index < -0.39 is 48.1 Å². The highest BCUT2D eigenvalue weighted by molar-refractivity contribution is 7.52. The Morgan fingerprint density at radius 1 is 0.941 bits per heavy atom. The molecule has 6 rings (SSSR count). The summed E-state index contributed by atoms with van der Waals surface area (Å²) in [5.74, 6) is -0.944. The van der Waals surface area contributed by atoms with Crippen molar-refractivity contribution in [2.24, 2.45) is 5.41 Å². The van der Waals surface area contributed by atoms with E-state index in [2.05, 4.69) is 17.4 Å². The Morgan fingerprint density at radius 3 is 2.31 bits per heavy atom. The van der Waals surface area contributed by atoms with Crippen molar-refractivity contribution in [1.82, 2.24) is 15.1 Å². The summed E-state index contributed by atoms with van der Waals surface area (Å²) < 4.78 is 40.8. The van der Waals surface area contributed by atoms with Crippen molar-refractivity contribution < 1.29 is 37.5 Å². The Labute approximate surface area is 299 Å². The summed E-state index contributed by atoms with van der Waals surface area (Å²) in [7, 11) is -5.78. The highest BCUT2D eigenvalue weighted by atomic mass is 32.1. The Morgan fingerprint density at radius 2 is 1.63 bits per heavy atom. The molecule has 3 aromatic carbocycles. The van der Waals surface area contributed by atoms with Gasteiger partial charge >= 0.3 is 13.3 Å². The molecule has 1 aromatic heterocycles. The first-order chi connectivity index (χ1) is 24.0. The van der Waals surface area contributed by atoms with E-state index >= 15 is 0 Å². The molecular weight excluding hydrogens is 695 g/mol.